The molecule has 3 rings (SSSR count). The van der Waals surface area contributed by atoms with Crippen molar-refractivity contribution in [1.82, 2.24) is 0 Å². The molecule has 42 heavy (non-hydrogen) atoms. The summed E-state index contributed by atoms with van der Waals surface area (Å²) in [5, 5.41) is 0. The van der Waals surface area contributed by atoms with E-state index in [0.717, 1.165) is 12.1 Å². The third kappa shape index (κ3) is 8.08. The van der Waals surface area contributed by atoms with Crippen LogP contribution in [0, 0.1) is 11.8 Å². The molecule has 0 radical (unpaired) electrons. The Morgan fingerprint density at radius 2 is 1.12 bits per heavy atom. The van der Waals surface area contributed by atoms with Crippen LogP contribution < -0.4 is 14.2 Å². The first-order chi connectivity index (χ1) is 19.6. The van der Waals surface area contributed by atoms with Crippen molar-refractivity contribution in [3.05, 3.63) is 114 Å². The Labute approximate surface area is 240 Å². The second kappa shape index (κ2) is 12.9. The van der Waals surface area contributed by atoms with Crippen LogP contribution in [0.25, 0.3) is 11.1 Å². The predicted molar refractivity (Wildman–Crippen MR) is 151 cm³/mol. The van der Waals surface area contributed by atoms with Gasteiger partial charge in [0.2, 0.25) is 0 Å². The molecule has 0 bridgehead atoms. The van der Waals surface area contributed by atoms with Crippen molar-refractivity contribution in [1.29, 1.82) is 0 Å². The minimum absolute atomic E-state index is 0.0305. The number of halogens is 3. The molecule has 0 N–H and O–H groups in total. The fourth-order valence-corrected chi connectivity index (χ4v) is 3.25. The normalized spacial score (nSPS) is 10.5. The summed E-state index contributed by atoms with van der Waals surface area (Å²) in [6.07, 6.45) is -4.81. The SMILES string of the molecule is C=C(C)C(=O)Oc1ccc(C#Cc2cc(OC(=O)C(=C)C)c(-c3ccc(OC(=O)C(=C)C)cc3)cc2C(F)(F)F)cc1. The van der Waals surface area contributed by atoms with Crippen LogP contribution in [0.3, 0.4) is 0 Å². The Hall–Kier alpha value is -5.36. The van der Waals surface area contributed by atoms with Crippen LogP contribution >= 0.6 is 0 Å². The van der Waals surface area contributed by atoms with Gasteiger partial charge < -0.3 is 14.2 Å². The fourth-order valence-electron chi connectivity index (χ4n) is 3.25. The van der Waals surface area contributed by atoms with Gasteiger partial charge in [-0.1, -0.05) is 43.7 Å². The molecule has 0 spiro atoms. The number of alkyl halides is 3. The van der Waals surface area contributed by atoms with E-state index in [0.29, 0.717) is 5.56 Å². The van der Waals surface area contributed by atoms with Crippen molar-refractivity contribution in [2.24, 2.45) is 0 Å². The molecule has 214 valence electrons. The Morgan fingerprint density at radius 3 is 1.57 bits per heavy atom. The smallest absolute Gasteiger partial charge is 0.417 e. The van der Waals surface area contributed by atoms with Crippen LogP contribution in [-0.4, -0.2) is 17.9 Å². The van der Waals surface area contributed by atoms with Gasteiger partial charge in [-0.25, -0.2) is 14.4 Å². The third-order valence-corrected chi connectivity index (χ3v) is 5.46. The van der Waals surface area contributed by atoms with Gasteiger partial charge in [0, 0.05) is 33.4 Å². The van der Waals surface area contributed by atoms with E-state index >= 15 is 0 Å². The minimum atomic E-state index is -4.81. The first kappa shape index (κ1) is 31.2. The summed E-state index contributed by atoms with van der Waals surface area (Å²) in [5.74, 6) is 3.20. The van der Waals surface area contributed by atoms with Crippen molar-refractivity contribution in [2.45, 2.75) is 26.9 Å². The van der Waals surface area contributed by atoms with E-state index in [2.05, 4.69) is 31.6 Å². The standard InChI is InChI=1S/C33H25F3O6/c1-19(2)30(37)40-25-13-8-22(9-14-25)7-10-24-17-29(42-32(39)21(5)6)27(18-28(24)33(34,35)36)23-11-15-26(16-12-23)41-31(38)20(3)4/h8-9,11-18H,1,3,5H2,2,4,6H3. The fraction of sp³-hybridized carbons (Fsp3) is 0.121. The monoisotopic (exact) mass is 574 g/mol. The number of rotatable bonds is 7. The number of hydrogen-bond donors (Lipinski definition) is 0. The zero-order valence-electron chi connectivity index (χ0n) is 23.0. The van der Waals surface area contributed by atoms with Crippen LogP contribution in [0.2, 0.25) is 0 Å². The average molecular weight is 575 g/mol. The minimum Gasteiger partial charge on any atom is -0.423 e. The molecule has 0 heterocycles. The molecule has 0 aliphatic carbocycles. The molecule has 3 aromatic rings. The third-order valence-electron chi connectivity index (χ3n) is 5.46. The van der Waals surface area contributed by atoms with Gasteiger partial charge >= 0.3 is 24.1 Å². The summed E-state index contributed by atoms with van der Waals surface area (Å²) < 4.78 is 58.2. The molecule has 0 unspecified atom stereocenters. The molecule has 0 aliphatic heterocycles. The van der Waals surface area contributed by atoms with E-state index in [1.54, 1.807) is 0 Å². The van der Waals surface area contributed by atoms with Crippen LogP contribution in [0.1, 0.15) is 37.5 Å². The van der Waals surface area contributed by atoms with Crippen LogP contribution in [0.15, 0.2) is 97.1 Å². The lowest BCUT2D eigenvalue weighted by Gasteiger charge is -2.16. The highest BCUT2D eigenvalue weighted by Crippen LogP contribution is 2.40. The summed E-state index contributed by atoms with van der Waals surface area (Å²) in [7, 11) is 0. The molecule has 0 aliphatic rings. The van der Waals surface area contributed by atoms with Gasteiger partial charge in [0.05, 0.1) is 5.56 Å². The van der Waals surface area contributed by atoms with E-state index < -0.39 is 35.2 Å². The van der Waals surface area contributed by atoms with Crippen molar-refractivity contribution in [2.75, 3.05) is 0 Å². The summed E-state index contributed by atoms with van der Waals surface area (Å²) in [4.78, 5) is 35.9. The zero-order chi connectivity index (χ0) is 31.2. The van der Waals surface area contributed by atoms with Gasteiger partial charge in [-0.2, -0.15) is 13.2 Å². The number of carbonyl (C=O) groups is 3. The molecule has 0 saturated heterocycles. The molecule has 0 fully saturated rings. The molecule has 0 saturated carbocycles. The van der Waals surface area contributed by atoms with Crippen LogP contribution in [-0.2, 0) is 20.6 Å². The van der Waals surface area contributed by atoms with Crippen molar-refractivity contribution in [3.63, 3.8) is 0 Å². The summed E-state index contributed by atoms with van der Waals surface area (Å²) in [6, 6.07) is 13.3. The van der Waals surface area contributed by atoms with Gasteiger partial charge in [0.1, 0.15) is 17.2 Å². The van der Waals surface area contributed by atoms with Crippen molar-refractivity contribution >= 4 is 17.9 Å². The molecular weight excluding hydrogens is 549 g/mol. The Kier molecular flexibility index (Phi) is 9.55. The van der Waals surface area contributed by atoms with Gasteiger partial charge in [0.15, 0.2) is 0 Å². The van der Waals surface area contributed by atoms with E-state index in [-0.39, 0.29) is 45.1 Å². The first-order valence-electron chi connectivity index (χ1n) is 12.3. The maximum Gasteiger partial charge on any atom is 0.417 e. The quantitative estimate of drug-likeness (QED) is 0.128. The maximum atomic E-state index is 14.2. The number of carbonyl (C=O) groups excluding carboxylic acids is 3. The summed E-state index contributed by atoms with van der Waals surface area (Å²) in [5.41, 5.74) is -0.575. The first-order valence-corrected chi connectivity index (χ1v) is 12.3. The highest BCUT2D eigenvalue weighted by atomic mass is 19.4. The largest absolute Gasteiger partial charge is 0.423 e. The molecule has 9 heteroatoms. The maximum absolute atomic E-state index is 14.2. The Morgan fingerprint density at radius 1 is 0.667 bits per heavy atom. The van der Waals surface area contributed by atoms with Crippen molar-refractivity contribution < 1.29 is 41.8 Å². The Bertz CT molecular complexity index is 1650. The average Bonchev–Trinajstić information content (AvgIpc) is 2.92. The second-order valence-corrected chi connectivity index (χ2v) is 9.20. The number of esters is 3. The van der Waals surface area contributed by atoms with Gasteiger partial charge in [0.25, 0.3) is 0 Å². The second-order valence-electron chi connectivity index (χ2n) is 9.20. The van der Waals surface area contributed by atoms with E-state index in [1.165, 1.54) is 69.3 Å². The van der Waals surface area contributed by atoms with Crippen molar-refractivity contribution in [3.8, 4) is 40.2 Å². The van der Waals surface area contributed by atoms with E-state index in [4.69, 9.17) is 14.2 Å². The summed E-state index contributed by atoms with van der Waals surface area (Å²) in [6.45, 7) is 14.9. The number of ether oxygens (including phenoxy) is 3. The highest BCUT2D eigenvalue weighted by Gasteiger charge is 2.35. The topological polar surface area (TPSA) is 78.9 Å². The van der Waals surface area contributed by atoms with Crippen LogP contribution in [0.4, 0.5) is 13.2 Å². The molecule has 3 aromatic carbocycles. The lowest BCUT2D eigenvalue weighted by atomic mass is 9.97. The number of benzene rings is 3. The van der Waals surface area contributed by atoms with Gasteiger partial charge in [-0.05, 0) is 74.9 Å². The highest BCUT2D eigenvalue weighted by molar-refractivity contribution is 5.91. The predicted octanol–water partition coefficient (Wildman–Crippen LogP) is 7.22. The molecule has 0 atom stereocenters. The van der Waals surface area contributed by atoms with Gasteiger partial charge in [-0.3, -0.25) is 0 Å². The van der Waals surface area contributed by atoms with E-state index in [1.807, 2.05) is 0 Å². The lowest BCUT2D eigenvalue weighted by Crippen LogP contribution is -2.12. The van der Waals surface area contributed by atoms with E-state index in [9.17, 15) is 27.6 Å². The lowest BCUT2D eigenvalue weighted by molar-refractivity contribution is -0.137. The molecule has 0 aromatic heterocycles. The molecule has 6 nitrogen and oxygen atoms in total. The molecular formula is C33H25F3O6. The van der Waals surface area contributed by atoms with Gasteiger partial charge in [-0.15, -0.1) is 0 Å². The number of hydrogen-bond acceptors (Lipinski definition) is 6. The van der Waals surface area contributed by atoms with Crippen LogP contribution in [0.5, 0.6) is 17.2 Å². The molecule has 0 amide bonds. The zero-order valence-corrected chi connectivity index (χ0v) is 23.0. The summed E-state index contributed by atoms with van der Waals surface area (Å²) >= 11 is 0. The Balaban J connectivity index is 2.08.